The molecule has 0 bridgehead atoms. The number of aryl methyl sites for hydroxylation is 1. The average molecular weight is 449 g/mol. The summed E-state index contributed by atoms with van der Waals surface area (Å²) < 4.78 is 16.1. The maximum absolute atomic E-state index is 13.1. The molecule has 0 atom stereocenters. The van der Waals surface area contributed by atoms with Gasteiger partial charge in [0.2, 0.25) is 18.2 Å². The van der Waals surface area contributed by atoms with Gasteiger partial charge in [0.05, 0.1) is 36.1 Å². The Morgan fingerprint density at radius 2 is 2.06 bits per heavy atom. The number of hydrogen-bond acceptors (Lipinski definition) is 8. The highest BCUT2D eigenvalue weighted by atomic mass is 32.2. The fourth-order valence-electron chi connectivity index (χ4n) is 3.38. The fourth-order valence-corrected chi connectivity index (χ4v) is 3.77. The molecule has 0 saturated heterocycles. The molecule has 32 heavy (non-hydrogen) atoms. The van der Waals surface area contributed by atoms with Crippen LogP contribution < -0.4 is 9.74 Å². The number of rotatable bonds is 7. The molecular formula is C21H19N7O3S. The lowest BCUT2D eigenvalue weighted by atomic mass is 10.2. The highest BCUT2D eigenvalue weighted by molar-refractivity contribution is 7.90. The van der Waals surface area contributed by atoms with E-state index in [2.05, 4.69) is 20.1 Å². The van der Waals surface area contributed by atoms with E-state index in [1.54, 1.807) is 15.4 Å². The molecule has 0 radical (unpaired) electrons. The number of aromatic nitrogens is 7. The molecule has 162 valence electrons. The standard InChI is InChI=1S/C21H19N7O3S/c1-3-30-32-31-21-18(10-26-13-23-17-6-4-14(2)8-16(17)20(26)29)25-19-7-5-15(9-27(19)21)28-12-22-11-24-28/h4-9,11-13H,3,10H2,1-2H3. The molecule has 0 aliphatic heterocycles. The van der Waals surface area contributed by atoms with Gasteiger partial charge < -0.3 is 4.18 Å². The van der Waals surface area contributed by atoms with Gasteiger partial charge >= 0.3 is 0 Å². The quantitative estimate of drug-likeness (QED) is 0.276. The second-order valence-electron chi connectivity index (χ2n) is 7.08. The molecule has 0 N–H and O–H groups in total. The first kappa shape index (κ1) is 20.2. The molecule has 1 aromatic carbocycles. The predicted molar refractivity (Wildman–Crippen MR) is 120 cm³/mol. The normalized spacial score (nSPS) is 11.4. The van der Waals surface area contributed by atoms with Crippen LogP contribution in [-0.2, 0) is 10.7 Å². The summed E-state index contributed by atoms with van der Waals surface area (Å²) >= 11 is 0.864. The lowest BCUT2D eigenvalue weighted by Crippen LogP contribution is -2.21. The zero-order valence-corrected chi connectivity index (χ0v) is 18.2. The Morgan fingerprint density at radius 3 is 2.88 bits per heavy atom. The van der Waals surface area contributed by atoms with E-state index in [0.717, 1.165) is 23.6 Å². The minimum absolute atomic E-state index is 0.137. The summed E-state index contributed by atoms with van der Waals surface area (Å²) in [7, 11) is 0. The van der Waals surface area contributed by atoms with Crippen molar-refractivity contribution in [3.05, 3.63) is 77.1 Å². The maximum Gasteiger partial charge on any atom is 0.261 e. The lowest BCUT2D eigenvalue weighted by Gasteiger charge is -2.08. The Bertz CT molecular complexity index is 1460. The highest BCUT2D eigenvalue weighted by Gasteiger charge is 2.18. The summed E-state index contributed by atoms with van der Waals surface area (Å²) in [4.78, 5) is 26.2. The molecular weight excluding hydrogens is 430 g/mol. The minimum Gasteiger partial charge on any atom is -0.379 e. The molecule has 5 aromatic rings. The predicted octanol–water partition coefficient (Wildman–Crippen LogP) is 2.96. The van der Waals surface area contributed by atoms with Gasteiger partial charge in [0, 0.05) is 6.20 Å². The number of benzene rings is 1. The van der Waals surface area contributed by atoms with Crippen LogP contribution in [0.25, 0.3) is 22.2 Å². The van der Waals surface area contributed by atoms with Crippen LogP contribution in [0, 0.1) is 6.92 Å². The molecule has 0 aliphatic carbocycles. The van der Waals surface area contributed by atoms with Gasteiger partial charge in [0.1, 0.15) is 24.0 Å². The molecule has 0 saturated carbocycles. The van der Waals surface area contributed by atoms with Crippen molar-refractivity contribution in [1.29, 1.82) is 0 Å². The molecule has 0 fully saturated rings. The monoisotopic (exact) mass is 449 g/mol. The smallest absolute Gasteiger partial charge is 0.261 e. The van der Waals surface area contributed by atoms with E-state index in [4.69, 9.17) is 8.37 Å². The molecule has 0 spiro atoms. The molecule has 11 heteroatoms. The summed E-state index contributed by atoms with van der Waals surface area (Å²) in [6.45, 7) is 4.49. The Hall–Kier alpha value is -3.70. The Balaban J connectivity index is 1.59. The third-order valence-electron chi connectivity index (χ3n) is 4.89. The number of pyridine rings is 1. The highest BCUT2D eigenvalue weighted by Crippen LogP contribution is 2.26. The van der Waals surface area contributed by atoms with Gasteiger partial charge in [-0.05, 0) is 38.1 Å². The number of imidazole rings is 1. The first-order chi connectivity index (χ1) is 15.6. The third-order valence-corrected chi connectivity index (χ3v) is 5.45. The Morgan fingerprint density at radius 1 is 1.16 bits per heavy atom. The van der Waals surface area contributed by atoms with Crippen molar-refractivity contribution in [3.63, 3.8) is 0 Å². The summed E-state index contributed by atoms with van der Waals surface area (Å²) in [6, 6.07) is 9.36. The number of nitrogens with zero attached hydrogens (tertiary/aromatic N) is 7. The summed E-state index contributed by atoms with van der Waals surface area (Å²) in [5.41, 5.74) is 3.54. The van der Waals surface area contributed by atoms with Gasteiger partial charge in [0.15, 0.2) is 0 Å². The van der Waals surface area contributed by atoms with Crippen molar-refractivity contribution in [1.82, 2.24) is 33.7 Å². The van der Waals surface area contributed by atoms with E-state index < -0.39 is 0 Å². The van der Waals surface area contributed by atoms with Crippen LogP contribution in [0.2, 0.25) is 0 Å². The number of hydrogen-bond donors (Lipinski definition) is 0. The third kappa shape index (κ3) is 3.72. The molecule has 10 nitrogen and oxygen atoms in total. The van der Waals surface area contributed by atoms with Crippen molar-refractivity contribution in [2.45, 2.75) is 20.4 Å². The van der Waals surface area contributed by atoms with E-state index in [-0.39, 0.29) is 12.1 Å². The van der Waals surface area contributed by atoms with Gasteiger partial charge in [0.25, 0.3) is 5.56 Å². The van der Waals surface area contributed by atoms with Crippen LogP contribution in [-0.4, -0.2) is 40.3 Å². The number of fused-ring (bicyclic) bond motifs is 2. The second kappa shape index (κ2) is 8.44. The van der Waals surface area contributed by atoms with Gasteiger partial charge in [-0.25, -0.2) is 19.6 Å². The first-order valence-corrected chi connectivity index (χ1v) is 10.6. The van der Waals surface area contributed by atoms with Crippen LogP contribution in [0.5, 0.6) is 5.88 Å². The van der Waals surface area contributed by atoms with E-state index in [0.29, 0.717) is 34.7 Å². The second-order valence-corrected chi connectivity index (χ2v) is 7.61. The first-order valence-electron chi connectivity index (χ1n) is 9.92. The molecule has 0 aliphatic rings. The van der Waals surface area contributed by atoms with Crippen molar-refractivity contribution in [2.75, 3.05) is 6.61 Å². The van der Waals surface area contributed by atoms with Gasteiger partial charge in [-0.2, -0.15) is 5.10 Å². The minimum atomic E-state index is -0.137. The molecule has 0 unspecified atom stereocenters. The molecule has 4 heterocycles. The van der Waals surface area contributed by atoms with Crippen LogP contribution in [0.4, 0.5) is 0 Å². The van der Waals surface area contributed by atoms with Crippen molar-refractivity contribution in [3.8, 4) is 11.6 Å². The van der Waals surface area contributed by atoms with E-state index in [1.165, 1.54) is 17.2 Å². The molecule has 4 aromatic heterocycles. The summed E-state index contributed by atoms with van der Waals surface area (Å²) in [5, 5.41) is 4.73. The van der Waals surface area contributed by atoms with Crippen molar-refractivity contribution in [2.24, 2.45) is 0 Å². The average Bonchev–Trinajstić information content (AvgIpc) is 3.44. The van der Waals surface area contributed by atoms with Crippen LogP contribution >= 0.6 is 12.3 Å². The van der Waals surface area contributed by atoms with E-state index >= 15 is 0 Å². The Labute approximate surface area is 186 Å². The van der Waals surface area contributed by atoms with E-state index in [1.807, 2.05) is 50.4 Å². The molecule has 0 amide bonds. The zero-order valence-electron chi connectivity index (χ0n) is 17.4. The summed E-state index contributed by atoms with van der Waals surface area (Å²) in [5.74, 6) is 0.455. The van der Waals surface area contributed by atoms with Gasteiger partial charge in [-0.1, -0.05) is 11.6 Å². The fraction of sp³-hybridized carbons (Fsp3) is 0.190. The summed E-state index contributed by atoms with van der Waals surface area (Å²) in [6.07, 6.45) is 6.45. The Kier molecular flexibility index (Phi) is 5.33. The SMILES string of the molecule is CCOSOc1c(Cn2cnc3ccc(C)cc3c2=O)nc2ccc(-n3cncn3)cn12. The van der Waals surface area contributed by atoms with Crippen LogP contribution in [0.15, 0.2) is 60.3 Å². The molecule has 5 rings (SSSR count). The van der Waals surface area contributed by atoms with Crippen LogP contribution in [0.1, 0.15) is 18.2 Å². The lowest BCUT2D eigenvalue weighted by molar-refractivity contribution is 0.365. The maximum atomic E-state index is 13.1. The van der Waals surface area contributed by atoms with Gasteiger partial charge in [-0.15, -0.1) is 0 Å². The van der Waals surface area contributed by atoms with Gasteiger partial charge in [-0.3, -0.25) is 17.9 Å². The topological polar surface area (TPSA) is 101 Å². The zero-order chi connectivity index (χ0) is 22.1. The van der Waals surface area contributed by atoms with Crippen LogP contribution in [0.3, 0.4) is 0 Å². The van der Waals surface area contributed by atoms with E-state index in [9.17, 15) is 4.79 Å². The van der Waals surface area contributed by atoms with Crippen molar-refractivity contribution < 1.29 is 8.37 Å². The van der Waals surface area contributed by atoms with Crippen molar-refractivity contribution >= 4 is 28.9 Å². The largest absolute Gasteiger partial charge is 0.379 e.